The number of aromatic nitrogens is 1. The van der Waals surface area contributed by atoms with Crippen LogP contribution in [0.1, 0.15) is 48.7 Å². The Balaban J connectivity index is 2.13. The minimum Gasteiger partial charge on any atom is -0.481 e. The summed E-state index contributed by atoms with van der Waals surface area (Å²) in [5.74, 6) is -1.64. The molecule has 1 heterocycles. The lowest BCUT2D eigenvalue weighted by molar-refractivity contribution is -0.143. The van der Waals surface area contributed by atoms with Crippen molar-refractivity contribution in [2.75, 3.05) is 0 Å². The van der Waals surface area contributed by atoms with Gasteiger partial charge in [-0.1, -0.05) is 31.4 Å². The third-order valence-corrected chi connectivity index (χ3v) is 4.06. The van der Waals surface area contributed by atoms with Gasteiger partial charge in [-0.15, -0.1) is 0 Å². The molecule has 1 aliphatic rings. The summed E-state index contributed by atoms with van der Waals surface area (Å²) < 4.78 is 0. The number of aliphatic carboxylic acids is 1. The van der Waals surface area contributed by atoms with Crippen molar-refractivity contribution < 1.29 is 14.7 Å². The van der Waals surface area contributed by atoms with E-state index in [-0.39, 0.29) is 17.1 Å². The molecule has 1 aromatic rings. The van der Waals surface area contributed by atoms with Crippen LogP contribution in [0, 0.1) is 5.92 Å². The zero-order valence-electron chi connectivity index (χ0n) is 11.9. The van der Waals surface area contributed by atoms with Gasteiger partial charge in [0.25, 0.3) is 5.91 Å². The monoisotopic (exact) mass is 310 g/mol. The molecule has 21 heavy (non-hydrogen) atoms. The number of carbonyl (C=O) groups excluding carboxylic acids is 1. The van der Waals surface area contributed by atoms with E-state index in [1.54, 1.807) is 6.07 Å². The SMILES string of the molecule is CCc1cc(C(=O)NC2CCCCC2C(=O)O)cc(Cl)n1. The molecule has 1 aromatic heterocycles. The molecule has 0 saturated heterocycles. The minimum absolute atomic E-state index is 0.276. The molecular formula is C15H19ClN2O3. The van der Waals surface area contributed by atoms with Crippen molar-refractivity contribution in [1.82, 2.24) is 10.3 Å². The van der Waals surface area contributed by atoms with Crippen LogP contribution in [-0.2, 0) is 11.2 Å². The Hall–Kier alpha value is -1.62. The number of nitrogens with zero attached hydrogens (tertiary/aromatic N) is 1. The van der Waals surface area contributed by atoms with Gasteiger partial charge in [0, 0.05) is 17.3 Å². The maximum Gasteiger partial charge on any atom is 0.308 e. The van der Waals surface area contributed by atoms with Gasteiger partial charge in [-0.25, -0.2) is 4.98 Å². The number of halogens is 1. The molecule has 0 radical (unpaired) electrons. The third kappa shape index (κ3) is 3.94. The highest BCUT2D eigenvalue weighted by Crippen LogP contribution is 2.25. The Morgan fingerprint density at radius 3 is 2.76 bits per heavy atom. The van der Waals surface area contributed by atoms with E-state index in [1.165, 1.54) is 6.07 Å². The molecule has 0 bridgehead atoms. The van der Waals surface area contributed by atoms with Gasteiger partial charge in [0.1, 0.15) is 5.15 Å². The number of carbonyl (C=O) groups is 2. The molecule has 0 aliphatic heterocycles. The van der Waals surface area contributed by atoms with Crippen LogP contribution in [0.2, 0.25) is 5.15 Å². The highest BCUT2D eigenvalue weighted by Gasteiger charge is 2.32. The normalized spacial score (nSPS) is 21.8. The lowest BCUT2D eigenvalue weighted by Gasteiger charge is -2.29. The van der Waals surface area contributed by atoms with Crippen molar-refractivity contribution in [3.8, 4) is 0 Å². The van der Waals surface area contributed by atoms with E-state index in [2.05, 4.69) is 10.3 Å². The highest BCUT2D eigenvalue weighted by atomic mass is 35.5. The quantitative estimate of drug-likeness (QED) is 0.838. The summed E-state index contributed by atoms with van der Waals surface area (Å²) in [4.78, 5) is 27.7. The van der Waals surface area contributed by atoms with Gasteiger partial charge in [0.2, 0.25) is 0 Å². The Morgan fingerprint density at radius 1 is 1.38 bits per heavy atom. The number of hydrogen-bond acceptors (Lipinski definition) is 3. The zero-order valence-corrected chi connectivity index (χ0v) is 12.7. The number of nitrogens with one attached hydrogen (secondary N) is 1. The first-order chi connectivity index (χ1) is 10.0. The lowest BCUT2D eigenvalue weighted by atomic mass is 9.84. The maximum absolute atomic E-state index is 12.3. The number of hydrogen-bond donors (Lipinski definition) is 2. The molecule has 5 nitrogen and oxygen atoms in total. The molecule has 2 rings (SSSR count). The molecule has 6 heteroatoms. The van der Waals surface area contributed by atoms with E-state index in [1.807, 2.05) is 6.92 Å². The van der Waals surface area contributed by atoms with Crippen LogP contribution in [0.25, 0.3) is 0 Å². The first kappa shape index (κ1) is 15.8. The van der Waals surface area contributed by atoms with Crippen molar-refractivity contribution in [1.29, 1.82) is 0 Å². The van der Waals surface area contributed by atoms with Crippen LogP contribution < -0.4 is 5.32 Å². The fraction of sp³-hybridized carbons (Fsp3) is 0.533. The summed E-state index contributed by atoms with van der Waals surface area (Å²) in [6.07, 6.45) is 3.82. The van der Waals surface area contributed by atoms with Crippen molar-refractivity contribution in [2.24, 2.45) is 5.92 Å². The van der Waals surface area contributed by atoms with Gasteiger partial charge in [0.15, 0.2) is 0 Å². The molecule has 2 N–H and O–H groups in total. The lowest BCUT2D eigenvalue weighted by Crippen LogP contribution is -2.45. The fourth-order valence-electron chi connectivity index (χ4n) is 2.71. The maximum atomic E-state index is 12.3. The van der Waals surface area contributed by atoms with E-state index in [0.717, 1.165) is 18.5 Å². The Kier molecular flexibility index (Phi) is 5.17. The van der Waals surface area contributed by atoms with Gasteiger partial charge < -0.3 is 10.4 Å². The van der Waals surface area contributed by atoms with Crippen molar-refractivity contribution in [3.05, 3.63) is 28.5 Å². The van der Waals surface area contributed by atoms with Gasteiger partial charge in [0.05, 0.1) is 5.92 Å². The molecule has 1 fully saturated rings. The molecule has 0 aromatic carbocycles. The van der Waals surface area contributed by atoms with E-state index in [9.17, 15) is 14.7 Å². The predicted molar refractivity (Wildman–Crippen MR) is 79.5 cm³/mol. The second-order valence-electron chi connectivity index (χ2n) is 5.33. The Morgan fingerprint density at radius 2 is 2.10 bits per heavy atom. The van der Waals surface area contributed by atoms with Crippen LogP contribution in [-0.4, -0.2) is 28.0 Å². The predicted octanol–water partition coefficient (Wildman–Crippen LogP) is 2.67. The number of carboxylic acid groups (broad SMARTS) is 1. The molecule has 0 spiro atoms. The Labute approximate surface area is 128 Å². The number of pyridine rings is 1. The minimum atomic E-state index is -0.845. The number of amides is 1. The van der Waals surface area contributed by atoms with Crippen LogP contribution in [0.15, 0.2) is 12.1 Å². The summed E-state index contributed by atoms with van der Waals surface area (Å²) in [5.41, 5.74) is 1.17. The van der Waals surface area contributed by atoms with Crippen LogP contribution >= 0.6 is 11.6 Å². The topological polar surface area (TPSA) is 79.3 Å². The van der Waals surface area contributed by atoms with Crippen LogP contribution in [0.5, 0.6) is 0 Å². The zero-order chi connectivity index (χ0) is 15.4. The largest absolute Gasteiger partial charge is 0.481 e. The summed E-state index contributed by atoms with van der Waals surface area (Å²) >= 11 is 5.91. The molecule has 1 saturated carbocycles. The molecular weight excluding hydrogens is 292 g/mol. The van der Waals surface area contributed by atoms with Gasteiger partial charge in [-0.2, -0.15) is 0 Å². The van der Waals surface area contributed by atoms with Crippen molar-refractivity contribution in [2.45, 2.75) is 45.1 Å². The van der Waals surface area contributed by atoms with Gasteiger partial charge in [-0.3, -0.25) is 9.59 Å². The summed E-state index contributed by atoms with van der Waals surface area (Å²) in [5, 5.41) is 12.4. The fourth-order valence-corrected chi connectivity index (χ4v) is 2.94. The van der Waals surface area contributed by atoms with Crippen molar-refractivity contribution >= 4 is 23.5 Å². The highest BCUT2D eigenvalue weighted by molar-refractivity contribution is 6.29. The number of carboxylic acids is 1. The molecule has 2 unspecified atom stereocenters. The van der Waals surface area contributed by atoms with E-state index >= 15 is 0 Å². The van der Waals surface area contributed by atoms with Crippen LogP contribution in [0.4, 0.5) is 0 Å². The summed E-state index contributed by atoms with van der Waals surface area (Å²) in [6, 6.07) is 2.88. The van der Waals surface area contributed by atoms with E-state index in [4.69, 9.17) is 11.6 Å². The molecule has 2 atom stereocenters. The van der Waals surface area contributed by atoms with Gasteiger partial charge in [-0.05, 0) is 31.4 Å². The Bertz CT molecular complexity index is 548. The summed E-state index contributed by atoms with van der Waals surface area (Å²) in [7, 11) is 0. The second kappa shape index (κ2) is 6.89. The molecule has 1 aliphatic carbocycles. The first-order valence-corrected chi connectivity index (χ1v) is 7.59. The molecule has 114 valence electrons. The second-order valence-corrected chi connectivity index (χ2v) is 5.72. The average Bonchev–Trinajstić information content (AvgIpc) is 2.46. The molecule has 1 amide bonds. The van der Waals surface area contributed by atoms with Gasteiger partial charge >= 0.3 is 5.97 Å². The number of aryl methyl sites for hydroxylation is 1. The van der Waals surface area contributed by atoms with Crippen molar-refractivity contribution in [3.63, 3.8) is 0 Å². The number of rotatable bonds is 4. The first-order valence-electron chi connectivity index (χ1n) is 7.21. The van der Waals surface area contributed by atoms with Crippen LogP contribution in [0.3, 0.4) is 0 Å². The third-order valence-electron chi connectivity index (χ3n) is 3.87. The summed E-state index contributed by atoms with van der Waals surface area (Å²) in [6.45, 7) is 1.93. The van der Waals surface area contributed by atoms with E-state index in [0.29, 0.717) is 24.8 Å². The standard InChI is InChI=1S/C15H19ClN2O3/c1-2-10-7-9(8-13(16)17-10)14(19)18-12-6-4-3-5-11(12)15(20)21/h7-8,11-12H,2-6H2,1H3,(H,18,19)(H,20,21). The van der Waals surface area contributed by atoms with E-state index < -0.39 is 11.9 Å². The smallest absolute Gasteiger partial charge is 0.308 e. The average molecular weight is 311 g/mol.